The van der Waals surface area contributed by atoms with Crippen LogP contribution in [0.15, 0.2) is 58.3 Å². The summed E-state index contributed by atoms with van der Waals surface area (Å²) in [4.78, 5) is 9.14. The van der Waals surface area contributed by atoms with Gasteiger partial charge in [-0.1, -0.05) is 29.5 Å². The van der Waals surface area contributed by atoms with Crippen LogP contribution >= 0.6 is 11.8 Å². The molecule has 0 fully saturated rings. The van der Waals surface area contributed by atoms with Gasteiger partial charge < -0.3 is 9.15 Å². The summed E-state index contributed by atoms with van der Waals surface area (Å²) in [6.07, 6.45) is 1.69. The third-order valence-corrected chi connectivity index (χ3v) is 5.22. The lowest BCUT2D eigenvalue weighted by Gasteiger charge is -2.02. The van der Waals surface area contributed by atoms with E-state index >= 15 is 0 Å². The molecule has 0 saturated heterocycles. The van der Waals surface area contributed by atoms with Crippen LogP contribution in [0.1, 0.15) is 16.8 Å². The van der Waals surface area contributed by atoms with Crippen LogP contribution < -0.4 is 4.74 Å². The normalized spacial score (nSPS) is 11.0. The number of H-pyrrole nitrogens is 1. The fourth-order valence-corrected chi connectivity index (χ4v) is 3.55. The second-order valence-electron chi connectivity index (χ2n) is 6.45. The number of methoxy groups -OCH3 is 1. The molecule has 0 aliphatic carbocycles. The molecule has 4 aromatic rings. The molecule has 0 amide bonds. The number of rotatable bonds is 6. The lowest BCUT2D eigenvalue weighted by atomic mass is 10.1. The molecule has 1 N–H and O–H groups in total. The largest absolute Gasteiger partial charge is 0.497 e. The fourth-order valence-electron chi connectivity index (χ4n) is 2.88. The maximum absolute atomic E-state index is 5.67. The lowest BCUT2D eigenvalue weighted by molar-refractivity contribution is 0.415. The number of hydrogen-bond acceptors (Lipinski definition) is 6. The number of benzene rings is 2. The Hall–Kier alpha value is -3.06. The van der Waals surface area contributed by atoms with Crippen LogP contribution in [0.3, 0.4) is 0 Å². The number of oxazole rings is 1. The molecule has 0 bridgehead atoms. The average molecular weight is 392 g/mol. The molecule has 0 spiro atoms. The predicted octanol–water partition coefficient (Wildman–Crippen LogP) is 5.04. The van der Waals surface area contributed by atoms with Crippen molar-refractivity contribution < 1.29 is 9.15 Å². The smallest absolute Gasteiger partial charge is 0.226 e. The van der Waals surface area contributed by atoms with Crippen LogP contribution in [0.5, 0.6) is 5.75 Å². The standard InChI is InChI=1S/C21H20N4O2S/c1-13-4-9-18(14(2)10-13)20-22-16(11-27-20)12-28-21-23-19(24-25-21)15-5-7-17(26-3)8-6-15/h4-11H,12H2,1-3H3,(H,23,24,25). The second-order valence-corrected chi connectivity index (χ2v) is 7.39. The first-order valence-corrected chi connectivity index (χ1v) is 9.82. The van der Waals surface area contributed by atoms with Crippen molar-refractivity contribution in [3.63, 3.8) is 0 Å². The number of nitrogens with one attached hydrogen (secondary N) is 1. The van der Waals surface area contributed by atoms with Crippen molar-refractivity contribution in [2.45, 2.75) is 24.8 Å². The van der Waals surface area contributed by atoms with Gasteiger partial charge in [0.1, 0.15) is 12.0 Å². The van der Waals surface area contributed by atoms with Crippen LogP contribution in [0.4, 0.5) is 0 Å². The second kappa shape index (κ2) is 7.90. The summed E-state index contributed by atoms with van der Waals surface area (Å²) in [6.45, 7) is 4.14. The zero-order valence-electron chi connectivity index (χ0n) is 15.9. The topological polar surface area (TPSA) is 76.8 Å². The molecule has 0 saturated carbocycles. The molecule has 0 radical (unpaired) electrons. The Kier molecular flexibility index (Phi) is 5.16. The van der Waals surface area contributed by atoms with Crippen LogP contribution in [-0.4, -0.2) is 27.3 Å². The summed E-state index contributed by atoms with van der Waals surface area (Å²) in [7, 11) is 1.65. The van der Waals surface area contributed by atoms with Gasteiger partial charge in [0.05, 0.1) is 12.8 Å². The molecule has 142 valence electrons. The van der Waals surface area contributed by atoms with Crippen LogP contribution in [-0.2, 0) is 5.75 Å². The number of thioether (sulfide) groups is 1. The lowest BCUT2D eigenvalue weighted by Crippen LogP contribution is -1.87. The van der Waals surface area contributed by atoms with Gasteiger partial charge in [-0.2, -0.15) is 0 Å². The Balaban J connectivity index is 1.42. The van der Waals surface area contributed by atoms with Gasteiger partial charge in [0.15, 0.2) is 5.82 Å². The fraction of sp³-hybridized carbons (Fsp3) is 0.190. The maximum atomic E-state index is 5.67. The van der Waals surface area contributed by atoms with Gasteiger partial charge in [0, 0.05) is 16.9 Å². The molecule has 0 aliphatic rings. The van der Waals surface area contributed by atoms with E-state index in [9.17, 15) is 0 Å². The van der Waals surface area contributed by atoms with Crippen molar-refractivity contribution >= 4 is 11.8 Å². The van der Waals surface area contributed by atoms with E-state index < -0.39 is 0 Å². The number of nitrogens with zero attached hydrogens (tertiary/aromatic N) is 3. The van der Waals surface area contributed by atoms with Gasteiger partial charge in [0.25, 0.3) is 0 Å². The predicted molar refractivity (Wildman–Crippen MR) is 109 cm³/mol. The van der Waals surface area contributed by atoms with Crippen molar-refractivity contribution in [2.24, 2.45) is 0 Å². The third kappa shape index (κ3) is 3.94. The van der Waals surface area contributed by atoms with Crippen molar-refractivity contribution in [1.29, 1.82) is 0 Å². The van der Waals surface area contributed by atoms with Gasteiger partial charge in [0.2, 0.25) is 11.0 Å². The van der Waals surface area contributed by atoms with E-state index in [0.29, 0.717) is 16.8 Å². The molecular formula is C21H20N4O2S. The highest BCUT2D eigenvalue weighted by atomic mass is 32.2. The molecule has 7 heteroatoms. The molecule has 28 heavy (non-hydrogen) atoms. The van der Waals surface area contributed by atoms with Crippen molar-refractivity contribution in [2.75, 3.05) is 7.11 Å². The zero-order valence-corrected chi connectivity index (χ0v) is 16.7. The molecule has 0 unspecified atom stereocenters. The minimum absolute atomic E-state index is 0.633. The quantitative estimate of drug-likeness (QED) is 0.463. The first kappa shape index (κ1) is 18.3. The van der Waals surface area contributed by atoms with Crippen LogP contribution in [0.25, 0.3) is 22.8 Å². The first-order valence-electron chi connectivity index (χ1n) is 8.84. The number of ether oxygens (including phenoxy) is 1. The number of aromatic amines is 1. The summed E-state index contributed by atoms with van der Waals surface area (Å²) >= 11 is 1.51. The van der Waals surface area contributed by atoms with Gasteiger partial charge in [-0.3, -0.25) is 5.10 Å². The minimum Gasteiger partial charge on any atom is -0.497 e. The van der Waals surface area contributed by atoms with E-state index in [1.54, 1.807) is 13.4 Å². The van der Waals surface area contributed by atoms with Gasteiger partial charge >= 0.3 is 0 Å². The van der Waals surface area contributed by atoms with E-state index in [1.165, 1.54) is 17.3 Å². The van der Waals surface area contributed by atoms with Crippen molar-refractivity contribution in [3.8, 4) is 28.6 Å². The molecule has 2 aromatic carbocycles. The van der Waals surface area contributed by atoms with Crippen molar-refractivity contribution in [3.05, 3.63) is 65.5 Å². The summed E-state index contributed by atoms with van der Waals surface area (Å²) in [5, 5.41) is 7.92. The van der Waals surface area contributed by atoms with Gasteiger partial charge in [-0.05, 0) is 49.7 Å². The highest BCUT2D eigenvalue weighted by molar-refractivity contribution is 7.98. The number of aromatic nitrogens is 4. The molecule has 6 nitrogen and oxygen atoms in total. The van der Waals surface area contributed by atoms with Gasteiger partial charge in [-0.15, -0.1) is 5.10 Å². The van der Waals surface area contributed by atoms with Crippen molar-refractivity contribution in [1.82, 2.24) is 20.2 Å². The third-order valence-electron chi connectivity index (χ3n) is 4.34. The highest BCUT2D eigenvalue weighted by Gasteiger charge is 2.12. The van der Waals surface area contributed by atoms with E-state index in [2.05, 4.69) is 46.1 Å². The van der Waals surface area contributed by atoms with Crippen LogP contribution in [0, 0.1) is 13.8 Å². The Morgan fingerprint density at radius 3 is 2.64 bits per heavy atom. The summed E-state index contributed by atoms with van der Waals surface area (Å²) in [6, 6.07) is 13.9. The SMILES string of the molecule is COc1ccc(-c2nc(SCc3coc(-c4ccc(C)cc4C)n3)n[nH]2)cc1. The minimum atomic E-state index is 0.633. The maximum Gasteiger partial charge on any atom is 0.226 e. The zero-order chi connectivity index (χ0) is 19.5. The number of aryl methyl sites for hydroxylation is 2. The number of hydrogen-bond donors (Lipinski definition) is 1. The highest BCUT2D eigenvalue weighted by Crippen LogP contribution is 2.27. The molecule has 2 aromatic heterocycles. The molecule has 4 rings (SSSR count). The van der Waals surface area contributed by atoms with E-state index in [1.807, 2.05) is 30.3 Å². The summed E-state index contributed by atoms with van der Waals surface area (Å²) < 4.78 is 10.8. The monoisotopic (exact) mass is 392 g/mol. The van der Waals surface area contributed by atoms with E-state index in [0.717, 1.165) is 34.0 Å². The Morgan fingerprint density at radius 2 is 1.89 bits per heavy atom. The Labute approximate surface area is 167 Å². The average Bonchev–Trinajstić information content (AvgIpc) is 3.36. The van der Waals surface area contributed by atoms with Gasteiger partial charge in [-0.25, -0.2) is 9.97 Å². The van der Waals surface area contributed by atoms with Crippen LogP contribution in [0.2, 0.25) is 0 Å². The summed E-state index contributed by atoms with van der Waals surface area (Å²) in [5.74, 6) is 2.81. The summed E-state index contributed by atoms with van der Waals surface area (Å²) in [5.41, 5.74) is 5.20. The molecule has 0 aliphatic heterocycles. The first-order chi connectivity index (χ1) is 13.6. The Morgan fingerprint density at radius 1 is 1.07 bits per heavy atom. The Bertz CT molecular complexity index is 1090. The molecule has 0 atom stereocenters. The molecule has 2 heterocycles. The van der Waals surface area contributed by atoms with E-state index in [-0.39, 0.29) is 0 Å². The van der Waals surface area contributed by atoms with E-state index in [4.69, 9.17) is 9.15 Å². The molecular weight excluding hydrogens is 372 g/mol.